The minimum Gasteiger partial charge on any atom is -0.307 e. The van der Waals surface area contributed by atoms with Gasteiger partial charge >= 0.3 is 0 Å². The molecule has 0 fully saturated rings. The summed E-state index contributed by atoms with van der Waals surface area (Å²) in [6, 6.07) is 74.9. The van der Waals surface area contributed by atoms with Gasteiger partial charge in [-0.05, 0) is 77.6 Å². The van der Waals surface area contributed by atoms with Crippen LogP contribution in [0.1, 0.15) is 18.4 Å². The predicted molar refractivity (Wildman–Crippen MR) is 280 cm³/mol. The molecule has 4 aromatic heterocycles. The molecular weight excluding hydrogens is 829 g/mol. The first-order chi connectivity index (χ1) is 33.7. The predicted octanol–water partition coefficient (Wildman–Crippen LogP) is 15.5. The SMILES string of the molecule is C1=CCCC(c2cccc(-c3cc(-c4ccccc4)cc(-c4ccc(-n5c6ccccc6c6ccc7c8ccccc8n(-c8nc(-c9ccccc9)nc(-c9ccccc9)n8)c7c65)cc4)n3)c2)=C1. The molecule has 0 aliphatic heterocycles. The van der Waals surface area contributed by atoms with Gasteiger partial charge in [-0.2, -0.15) is 9.97 Å². The molecule has 0 spiro atoms. The van der Waals surface area contributed by atoms with Gasteiger partial charge in [-0.25, -0.2) is 9.97 Å². The Kier molecular flexibility index (Phi) is 9.53. The minimum absolute atomic E-state index is 0.557. The Hall–Kier alpha value is -9.00. The Morgan fingerprint density at radius 1 is 0.353 bits per heavy atom. The van der Waals surface area contributed by atoms with Gasteiger partial charge in [0.1, 0.15) is 0 Å². The van der Waals surface area contributed by atoms with Crippen molar-refractivity contribution >= 4 is 49.2 Å². The molecule has 1 aliphatic carbocycles. The Bertz CT molecular complexity index is 3880. The summed E-state index contributed by atoms with van der Waals surface area (Å²) in [4.78, 5) is 21.0. The molecule has 0 saturated carbocycles. The van der Waals surface area contributed by atoms with Crippen LogP contribution < -0.4 is 0 Å². The number of hydrogen-bond acceptors (Lipinski definition) is 4. The lowest BCUT2D eigenvalue weighted by Gasteiger charge is -2.14. The molecule has 6 heteroatoms. The number of benzene rings is 8. The summed E-state index contributed by atoms with van der Waals surface area (Å²) in [5.41, 5.74) is 16.0. The number of pyridine rings is 1. The van der Waals surface area contributed by atoms with E-state index >= 15 is 0 Å². The second-order valence-electron chi connectivity index (χ2n) is 17.4. The monoisotopic (exact) mass is 870 g/mol. The van der Waals surface area contributed by atoms with Crippen molar-refractivity contribution in [1.29, 1.82) is 0 Å². The average Bonchev–Trinajstić information content (AvgIpc) is 3.95. The highest BCUT2D eigenvalue weighted by atomic mass is 15.2. The lowest BCUT2D eigenvalue weighted by Crippen LogP contribution is -2.07. The molecule has 8 aromatic carbocycles. The van der Waals surface area contributed by atoms with Crippen LogP contribution >= 0.6 is 0 Å². The van der Waals surface area contributed by atoms with E-state index in [0.29, 0.717) is 17.6 Å². The molecule has 1 aliphatic rings. The molecule has 0 bridgehead atoms. The fraction of sp³-hybridized carbons (Fsp3) is 0.0323. The summed E-state index contributed by atoms with van der Waals surface area (Å²) in [6.45, 7) is 0. The lowest BCUT2D eigenvalue weighted by molar-refractivity contribution is 0.953. The minimum atomic E-state index is 0.557. The van der Waals surface area contributed by atoms with Crippen LogP contribution in [-0.2, 0) is 0 Å². The van der Waals surface area contributed by atoms with Crippen molar-refractivity contribution in [3.05, 3.63) is 236 Å². The first-order valence-corrected chi connectivity index (χ1v) is 23.2. The molecule has 0 N–H and O–H groups in total. The molecule has 0 amide bonds. The number of allylic oxidation sites excluding steroid dienone is 4. The van der Waals surface area contributed by atoms with Crippen LogP contribution in [0.25, 0.3) is 117 Å². The highest BCUT2D eigenvalue weighted by molar-refractivity contribution is 6.23. The van der Waals surface area contributed by atoms with Crippen LogP contribution in [0.4, 0.5) is 0 Å². The first kappa shape index (κ1) is 39.4. The molecule has 68 heavy (non-hydrogen) atoms. The zero-order valence-electron chi connectivity index (χ0n) is 37.0. The first-order valence-electron chi connectivity index (χ1n) is 23.2. The van der Waals surface area contributed by atoms with Gasteiger partial charge in [0.25, 0.3) is 0 Å². The van der Waals surface area contributed by atoms with Gasteiger partial charge in [-0.1, -0.05) is 188 Å². The molecular formula is C62H42N6. The van der Waals surface area contributed by atoms with E-state index in [2.05, 4.69) is 203 Å². The van der Waals surface area contributed by atoms with Crippen molar-refractivity contribution in [3.8, 4) is 68.1 Å². The zero-order chi connectivity index (χ0) is 45.0. The van der Waals surface area contributed by atoms with E-state index in [0.717, 1.165) is 102 Å². The zero-order valence-corrected chi connectivity index (χ0v) is 37.0. The van der Waals surface area contributed by atoms with Gasteiger partial charge in [-0.15, -0.1) is 0 Å². The molecule has 6 nitrogen and oxygen atoms in total. The van der Waals surface area contributed by atoms with Gasteiger partial charge in [0.15, 0.2) is 11.6 Å². The molecule has 13 rings (SSSR count). The van der Waals surface area contributed by atoms with Gasteiger partial charge in [0.05, 0.1) is 33.5 Å². The Morgan fingerprint density at radius 3 is 1.50 bits per heavy atom. The van der Waals surface area contributed by atoms with Crippen LogP contribution in [0.5, 0.6) is 0 Å². The Balaban J connectivity index is 1.01. The topological polar surface area (TPSA) is 61.4 Å². The normalized spacial score (nSPS) is 12.6. The van der Waals surface area contributed by atoms with Crippen molar-refractivity contribution in [2.45, 2.75) is 12.8 Å². The van der Waals surface area contributed by atoms with Crippen molar-refractivity contribution in [2.24, 2.45) is 0 Å². The van der Waals surface area contributed by atoms with E-state index < -0.39 is 0 Å². The average molecular weight is 871 g/mol. The molecule has 0 radical (unpaired) electrons. The van der Waals surface area contributed by atoms with E-state index in [1.54, 1.807) is 0 Å². The third kappa shape index (κ3) is 6.81. The number of hydrogen-bond donors (Lipinski definition) is 0. The molecule has 0 saturated heterocycles. The summed E-state index contributed by atoms with van der Waals surface area (Å²) in [5.74, 6) is 1.79. The maximum absolute atomic E-state index is 5.38. The van der Waals surface area contributed by atoms with Gasteiger partial charge in [0, 0.05) is 49.5 Å². The standard InChI is InChI=1S/C62H42N6/c1-5-18-41(19-6-1)46-26-17-27-47(38-46)55-40-48(42-20-7-2-8-21-42)39-54(63-55)43-32-34-49(35-33-43)67-56-30-15-13-28-50(56)52-36-37-53-51-29-14-16-31-57(51)68(59(53)58(52)67)62-65-60(44-22-9-3-10-23-44)64-61(66-62)45-24-11-4-12-25-45/h1-5,7-18,20-40H,6,19H2. The number of aromatic nitrogens is 6. The Morgan fingerprint density at radius 2 is 0.882 bits per heavy atom. The largest absolute Gasteiger partial charge is 0.307 e. The molecule has 320 valence electrons. The van der Waals surface area contributed by atoms with E-state index in [-0.39, 0.29) is 0 Å². The quantitative estimate of drug-likeness (QED) is 0.153. The summed E-state index contributed by atoms with van der Waals surface area (Å²) >= 11 is 0. The van der Waals surface area contributed by atoms with Gasteiger partial charge < -0.3 is 4.57 Å². The lowest BCUT2D eigenvalue weighted by atomic mass is 9.94. The third-order valence-electron chi connectivity index (χ3n) is 13.3. The van der Waals surface area contributed by atoms with Crippen LogP contribution in [0.15, 0.2) is 231 Å². The van der Waals surface area contributed by atoms with Crippen LogP contribution in [0.3, 0.4) is 0 Å². The maximum Gasteiger partial charge on any atom is 0.238 e. The van der Waals surface area contributed by atoms with Crippen LogP contribution in [0, 0.1) is 0 Å². The van der Waals surface area contributed by atoms with E-state index in [1.807, 2.05) is 36.4 Å². The summed E-state index contributed by atoms with van der Waals surface area (Å²) in [5, 5.41) is 4.55. The number of para-hydroxylation sites is 2. The molecule has 0 unspecified atom stereocenters. The van der Waals surface area contributed by atoms with Crippen LogP contribution in [-0.4, -0.2) is 29.1 Å². The van der Waals surface area contributed by atoms with Crippen LogP contribution in [0.2, 0.25) is 0 Å². The number of nitrogens with zero attached hydrogens (tertiary/aromatic N) is 6. The Labute approximate surface area is 393 Å². The summed E-state index contributed by atoms with van der Waals surface area (Å²) in [7, 11) is 0. The maximum atomic E-state index is 5.38. The highest BCUT2D eigenvalue weighted by Gasteiger charge is 2.24. The van der Waals surface area contributed by atoms with Gasteiger partial charge in [-0.3, -0.25) is 4.57 Å². The molecule has 12 aromatic rings. The van der Waals surface area contributed by atoms with Gasteiger partial charge in [0.2, 0.25) is 5.95 Å². The smallest absolute Gasteiger partial charge is 0.238 e. The van der Waals surface area contributed by atoms with Crippen molar-refractivity contribution in [1.82, 2.24) is 29.1 Å². The highest BCUT2D eigenvalue weighted by Crippen LogP contribution is 2.42. The van der Waals surface area contributed by atoms with Crippen molar-refractivity contribution < 1.29 is 0 Å². The number of fused-ring (bicyclic) bond motifs is 7. The van der Waals surface area contributed by atoms with E-state index in [1.165, 1.54) is 16.5 Å². The summed E-state index contributed by atoms with van der Waals surface area (Å²) in [6.07, 6.45) is 8.74. The second kappa shape index (κ2) is 16.5. The fourth-order valence-corrected chi connectivity index (χ4v) is 10.0. The summed E-state index contributed by atoms with van der Waals surface area (Å²) < 4.78 is 4.65. The fourth-order valence-electron chi connectivity index (χ4n) is 10.0. The molecule has 4 heterocycles. The third-order valence-corrected chi connectivity index (χ3v) is 13.3. The number of rotatable bonds is 8. The second-order valence-corrected chi connectivity index (χ2v) is 17.4. The van der Waals surface area contributed by atoms with Crippen molar-refractivity contribution in [2.75, 3.05) is 0 Å². The van der Waals surface area contributed by atoms with E-state index in [4.69, 9.17) is 19.9 Å². The van der Waals surface area contributed by atoms with E-state index in [9.17, 15) is 0 Å². The molecule has 0 atom stereocenters. The van der Waals surface area contributed by atoms with Crippen molar-refractivity contribution in [3.63, 3.8) is 0 Å².